The fraction of sp³-hybridized carbons (Fsp3) is 0.318. The average Bonchev–Trinajstić information content (AvgIpc) is 2.99. The first kappa shape index (κ1) is 19.5. The summed E-state index contributed by atoms with van der Waals surface area (Å²) >= 11 is 3.54. The van der Waals surface area contributed by atoms with E-state index in [0.29, 0.717) is 25.6 Å². The zero-order valence-electron chi connectivity index (χ0n) is 16.0. The van der Waals surface area contributed by atoms with E-state index in [4.69, 9.17) is 4.74 Å². The summed E-state index contributed by atoms with van der Waals surface area (Å²) in [7, 11) is 0. The van der Waals surface area contributed by atoms with Gasteiger partial charge in [-0.2, -0.15) is 0 Å². The van der Waals surface area contributed by atoms with Crippen LogP contribution >= 0.6 is 15.9 Å². The molecule has 3 rings (SSSR count). The lowest BCUT2D eigenvalue weighted by Crippen LogP contribution is -2.24. The van der Waals surface area contributed by atoms with E-state index < -0.39 is 0 Å². The van der Waals surface area contributed by atoms with Gasteiger partial charge in [-0.05, 0) is 62.2 Å². The van der Waals surface area contributed by atoms with Crippen molar-refractivity contribution in [2.24, 2.45) is 0 Å². The molecule has 1 aromatic heterocycles. The predicted octanol–water partition coefficient (Wildman–Crippen LogP) is 5.24. The van der Waals surface area contributed by atoms with Crippen molar-refractivity contribution < 1.29 is 9.53 Å². The number of rotatable bonds is 7. The van der Waals surface area contributed by atoms with Crippen LogP contribution < -0.4 is 10.1 Å². The van der Waals surface area contributed by atoms with Gasteiger partial charge >= 0.3 is 0 Å². The maximum Gasteiger partial charge on any atom is 0.224 e. The van der Waals surface area contributed by atoms with Crippen molar-refractivity contribution in [3.8, 4) is 5.75 Å². The number of hydrogen-bond donors (Lipinski definition) is 1. The van der Waals surface area contributed by atoms with Crippen LogP contribution in [-0.4, -0.2) is 17.1 Å². The Morgan fingerprint density at radius 1 is 1.19 bits per heavy atom. The van der Waals surface area contributed by atoms with Crippen LogP contribution in [0.5, 0.6) is 5.75 Å². The zero-order chi connectivity index (χ0) is 19.4. The van der Waals surface area contributed by atoms with Crippen molar-refractivity contribution in [1.82, 2.24) is 9.88 Å². The standard InChI is InChI=1S/C22H25BrN2O2/c1-4-27-19-8-5-16(6-9-19)13-24-22(26)11-17-14-25(15(2)3)21-10-7-18(23)12-20(17)21/h5-10,12,14-15H,4,11,13H2,1-3H3,(H,24,26). The van der Waals surface area contributed by atoms with Gasteiger partial charge < -0.3 is 14.6 Å². The molecule has 0 aliphatic heterocycles. The van der Waals surface area contributed by atoms with Crippen LogP contribution in [0.4, 0.5) is 0 Å². The molecule has 0 fully saturated rings. The van der Waals surface area contributed by atoms with Gasteiger partial charge in [-0.1, -0.05) is 28.1 Å². The third-order valence-electron chi connectivity index (χ3n) is 4.51. The summed E-state index contributed by atoms with van der Waals surface area (Å²) in [6.45, 7) is 7.42. The van der Waals surface area contributed by atoms with E-state index in [-0.39, 0.29) is 5.91 Å². The summed E-state index contributed by atoms with van der Waals surface area (Å²) in [5.74, 6) is 0.867. The second-order valence-electron chi connectivity index (χ2n) is 6.85. The van der Waals surface area contributed by atoms with Crippen molar-refractivity contribution in [3.05, 3.63) is 64.3 Å². The maximum absolute atomic E-state index is 12.5. The van der Waals surface area contributed by atoms with Crippen molar-refractivity contribution in [3.63, 3.8) is 0 Å². The van der Waals surface area contributed by atoms with E-state index >= 15 is 0 Å². The lowest BCUT2D eigenvalue weighted by Gasteiger charge is -2.08. The van der Waals surface area contributed by atoms with Gasteiger partial charge in [0.1, 0.15) is 5.75 Å². The molecule has 1 heterocycles. The number of halogens is 1. The SMILES string of the molecule is CCOc1ccc(CNC(=O)Cc2cn(C(C)C)c3ccc(Br)cc23)cc1. The molecule has 3 aromatic rings. The Morgan fingerprint density at radius 3 is 2.59 bits per heavy atom. The molecule has 0 bridgehead atoms. The Balaban J connectivity index is 1.69. The lowest BCUT2D eigenvalue weighted by molar-refractivity contribution is -0.120. The van der Waals surface area contributed by atoms with Gasteiger partial charge in [0.2, 0.25) is 5.91 Å². The molecule has 142 valence electrons. The smallest absolute Gasteiger partial charge is 0.224 e. The van der Waals surface area contributed by atoms with Gasteiger partial charge in [0.15, 0.2) is 0 Å². The first-order valence-electron chi connectivity index (χ1n) is 9.25. The quantitative estimate of drug-likeness (QED) is 0.558. The van der Waals surface area contributed by atoms with E-state index in [2.05, 4.69) is 58.0 Å². The van der Waals surface area contributed by atoms with Gasteiger partial charge in [0, 0.05) is 34.2 Å². The highest BCUT2D eigenvalue weighted by Crippen LogP contribution is 2.28. The highest BCUT2D eigenvalue weighted by molar-refractivity contribution is 9.10. The second-order valence-corrected chi connectivity index (χ2v) is 7.76. The summed E-state index contributed by atoms with van der Waals surface area (Å²) < 4.78 is 8.68. The molecule has 1 N–H and O–H groups in total. The second kappa shape index (κ2) is 8.61. The predicted molar refractivity (Wildman–Crippen MR) is 113 cm³/mol. The summed E-state index contributed by atoms with van der Waals surface area (Å²) in [5.41, 5.74) is 3.26. The first-order valence-corrected chi connectivity index (χ1v) is 10.0. The fourth-order valence-electron chi connectivity index (χ4n) is 3.17. The molecule has 0 spiro atoms. The van der Waals surface area contributed by atoms with E-state index in [9.17, 15) is 4.79 Å². The molecule has 2 aromatic carbocycles. The highest BCUT2D eigenvalue weighted by atomic mass is 79.9. The monoisotopic (exact) mass is 428 g/mol. The minimum Gasteiger partial charge on any atom is -0.494 e. The van der Waals surface area contributed by atoms with Crippen LogP contribution in [0.1, 0.15) is 37.9 Å². The molecule has 4 nitrogen and oxygen atoms in total. The molecule has 0 atom stereocenters. The Bertz CT molecular complexity index is 929. The van der Waals surface area contributed by atoms with Crippen molar-refractivity contribution >= 4 is 32.7 Å². The normalized spacial score (nSPS) is 11.1. The van der Waals surface area contributed by atoms with Gasteiger partial charge in [-0.3, -0.25) is 4.79 Å². The summed E-state index contributed by atoms with van der Waals surface area (Å²) in [5, 5.41) is 4.14. The number of carbonyl (C=O) groups is 1. The molecule has 0 radical (unpaired) electrons. The van der Waals surface area contributed by atoms with Crippen LogP contribution in [-0.2, 0) is 17.8 Å². The number of fused-ring (bicyclic) bond motifs is 1. The number of nitrogens with one attached hydrogen (secondary N) is 1. The van der Waals surface area contributed by atoms with Crippen LogP contribution in [0.25, 0.3) is 10.9 Å². The molecule has 5 heteroatoms. The minimum atomic E-state index is 0.0201. The number of hydrogen-bond acceptors (Lipinski definition) is 2. The molecule has 0 aliphatic rings. The summed E-state index contributed by atoms with van der Waals surface area (Å²) in [6.07, 6.45) is 2.46. The number of amides is 1. The highest BCUT2D eigenvalue weighted by Gasteiger charge is 2.14. The molecular weight excluding hydrogens is 404 g/mol. The van der Waals surface area contributed by atoms with E-state index in [1.807, 2.05) is 37.3 Å². The van der Waals surface area contributed by atoms with E-state index in [0.717, 1.165) is 32.3 Å². The zero-order valence-corrected chi connectivity index (χ0v) is 17.5. The van der Waals surface area contributed by atoms with Crippen LogP contribution in [0, 0.1) is 0 Å². The van der Waals surface area contributed by atoms with Crippen LogP contribution in [0.2, 0.25) is 0 Å². The topological polar surface area (TPSA) is 43.3 Å². The summed E-state index contributed by atoms with van der Waals surface area (Å²) in [4.78, 5) is 12.5. The maximum atomic E-state index is 12.5. The van der Waals surface area contributed by atoms with Gasteiger partial charge in [-0.15, -0.1) is 0 Å². The third kappa shape index (κ3) is 4.72. The van der Waals surface area contributed by atoms with Gasteiger partial charge in [0.05, 0.1) is 13.0 Å². The Labute approximate surface area is 168 Å². The Morgan fingerprint density at radius 2 is 1.93 bits per heavy atom. The number of aromatic nitrogens is 1. The van der Waals surface area contributed by atoms with E-state index in [1.165, 1.54) is 0 Å². The van der Waals surface area contributed by atoms with E-state index in [1.54, 1.807) is 0 Å². The van der Waals surface area contributed by atoms with Crippen molar-refractivity contribution in [1.29, 1.82) is 0 Å². The van der Waals surface area contributed by atoms with Gasteiger partial charge in [-0.25, -0.2) is 0 Å². The number of nitrogens with zero attached hydrogens (tertiary/aromatic N) is 1. The Kier molecular flexibility index (Phi) is 6.22. The molecule has 0 saturated heterocycles. The molecular formula is C22H25BrN2O2. The summed E-state index contributed by atoms with van der Waals surface area (Å²) in [6, 6.07) is 14.4. The van der Waals surface area contributed by atoms with Crippen molar-refractivity contribution in [2.75, 3.05) is 6.61 Å². The number of carbonyl (C=O) groups excluding carboxylic acids is 1. The number of benzene rings is 2. The van der Waals surface area contributed by atoms with Crippen LogP contribution in [0.15, 0.2) is 53.1 Å². The molecule has 0 aliphatic carbocycles. The Hall–Kier alpha value is -2.27. The largest absolute Gasteiger partial charge is 0.494 e. The van der Waals surface area contributed by atoms with Crippen LogP contribution in [0.3, 0.4) is 0 Å². The molecule has 0 unspecified atom stereocenters. The fourth-order valence-corrected chi connectivity index (χ4v) is 3.53. The third-order valence-corrected chi connectivity index (χ3v) is 5.00. The molecule has 27 heavy (non-hydrogen) atoms. The van der Waals surface area contributed by atoms with Crippen molar-refractivity contribution in [2.45, 2.75) is 39.8 Å². The first-order chi connectivity index (χ1) is 13.0. The minimum absolute atomic E-state index is 0.0201. The van der Waals surface area contributed by atoms with Gasteiger partial charge in [0.25, 0.3) is 0 Å². The average molecular weight is 429 g/mol. The lowest BCUT2D eigenvalue weighted by atomic mass is 10.1. The molecule has 0 saturated carbocycles. The number of ether oxygens (including phenoxy) is 1. The molecule has 1 amide bonds.